The molecule has 2 aromatic carbocycles. The van der Waals surface area contributed by atoms with E-state index in [9.17, 15) is 4.79 Å². The summed E-state index contributed by atoms with van der Waals surface area (Å²) >= 11 is 0. The second-order valence-electron chi connectivity index (χ2n) is 10.8. The van der Waals surface area contributed by atoms with Gasteiger partial charge in [0, 0.05) is 50.2 Å². The third-order valence-electron chi connectivity index (χ3n) is 8.23. The first-order valence-electron chi connectivity index (χ1n) is 13.8. The number of rotatable bonds is 5. The maximum absolute atomic E-state index is 11.9. The summed E-state index contributed by atoms with van der Waals surface area (Å²) in [6, 6.07) is 26.5. The average Bonchev–Trinajstić information content (AvgIpc) is 3.69. The molecule has 2 saturated heterocycles. The third-order valence-corrected chi connectivity index (χ3v) is 8.23. The summed E-state index contributed by atoms with van der Waals surface area (Å²) in [6.07, 6.45) is 7.01. The SMILES string of the molecule is C#CC(=O)N1C[C@H]2CN(Cc3ccc(-n4c(-c5cccnc5N)nc5ccc(-c6ccccc6)nc54)cc3)C[C@H]2C1. The number of aromatic nitrogens is 4. The average molecular weight is 540 g/mol. The van der Waals surface area contributed by atoms with Crippen LogP contribution >= 0.6 is 0 Å². The molecular formula is C33H29N7O. The van der Waals surface area contributed by atoms with E-state index in [2.05, 4.69) is 56.8 Å². The standard InChI is InChI=1S/C33H29N7O/c1-2-30(41)39-20-24-18-38(19-25(24)21-39)17-22-10-12-26(13-11-22)40-32(27-9-6-16-35-31(27)34)37-29-15-14-28(36-33(29)40)23-7-4-3-5-8-23/h1,3-16,24-25H,17-21H2,(H2,34,35)/t24-,25+. The molecule has 41 heavy (non-hydrogen) atoms. The summed E-state index contributed by atoms with van der Waals surface area (Å²) < 4.78 is 2.07. The van der Waals surface area contributed by atoms with Gasteiger partial charge in [-0.2, -0.15) is 0 Å². The van der Waals surface area contributed by atoms with Gasteiger partial charge in [-0.3, -0.25) is 14.3 Å². The van der Waals surface area contributed by atoms with Gasteiger partial charge in [-0.05, 0) is 59.7 Å². The van der Waals surface area contributed by atoms with Crippen molar-refractivity contribution in [1.29, 1.82) is 0 Å². The van der Waals surface area contributed by atoms with E-state index in [0.717, 1.165) is 66.4 Å². The molecule has 5 heterocycles. The maximum Gasteiger partial charge on any atom is 0.298 e. The number of benzene rings is 2. The number of fused-ring (bicyclic) bond motifs is 2. The van der Waals surface area contributed by atoms with Gasteiger partial charge in [0.2, 0.25) is 0 Å². The highest BCUT2D eigenvalue weighted by atomic mass is 16.2. The minimum atomic E-state index is -0.189. The number of carbonyl (C=O) groups is 1. The maximum atomic E-state index is 11.9. The summed E-state index contributed by atoms with van der Waals surface area (Å²) in [7, 11) is 0. The van der Waals surface area contributed by atoms with Crippen LogP contribution in [-0.2, 0) is 11.3 Å². The first-order valence-corrected chi connectivity index (χ1v) is 13.8. The Morgan fingerprint density at radius 2 is 1.66 bits per heavy atom. The monoisotopic (exact) mass is 539 g/mol. The smallest absolute Gasteiger partial charge is 0.298 e. The molecule has 202 valence electrons. The quantitative estimate of drug-likeness (QED) is 0.336. The van der Waals surface area contributed by atoms with Gasteiger partial charge >= 0.3 is 0 Å². The number of hydrogen-bond acceptors (Lipinski definition) is 6. The third kappa shape index (κ3) is 4.60. The van der Waals surface area contributed by atoms with E-state index < -0.39 is 0 Å². The molecule has 2 aliphatic rings. The van der Waals surface area contributed by atoms with Crippen LogP contribution in [0.15, 0.2) is 85.1 Å². The first kappa shape index (κ1) is 25.0. The van der Waals surface area contributed by atoms with Crippen LogP contribution in [0, 0.1) is 24.2 Å². The van der Waals surface area contributed by atoms with Gasteiger partial charge in [-0.1, -0.05) is 42.5 Å². The Bertz CT molecular complexity index is 1770. The summed E-state index contributed by atoms with van der Waals surface area (Å²) in [5.41, 5.74) is 12.7. The lowest BCUT2D eigenvalue weighted by molar-refractivity contribution is -0.124. The molecule has 2 fully saturated rings. The van der Waals surface area contributed by atoms with Crippen LogP contribution in [0.5, 0.6) is 0 Å². The van der Waals surface area contributed by atoms with E-state index >= 15 is 0 Å². The summed E-state index contributed by atoms with van der Waals surface area (Å²) in [5, 5.41) is 0. The molecule has 0 radical (unpaired) electrons. The molecule has 0 aliphatic carbocycles. The molecule has 0 spiro atoms. The zero-order valence-electron chi connectivity index (χ0n) is 22.5. The van der Waals surface area contributed by atoms with Crippen LogP contribution in [0.3, 0.4) is 0 Å². The fraction of sp³-hybridized carbons (Fsp3) is 0.212. The fourth-order valence-electron chi connectivity index (χ4n) is 6.24. The Morgan fingerprint density at radius 3 is 2.37 bits per heavy atom. The summed E-state index contributed by atoms with van der Waals surface area (Å²) in [6.45, 7) is 4.33. The normalized spacial score (nSPS) is 18.5. The van der Waals surface area contributed by atoms with Crippen LogP contribution in [0.25, 0.3) is 39.5 Å². The van der Waals surface area contributed by atoms with E-state index in [4.69, 9.17) is 22.1 Å². The lowest BCUT2D eigenvalue weighted by Gasteiger charge is -2.20. The predicted octanol–water partition coefficient (Wildman–Crippen LogP) is 4.26. The van der Waals surface area contributed by atoms with Crippen LogP contribution in [0.2, 0.25) is 0 Å². The molecule has 0 bridgehead atoms. The highest BCUT2D eigenvalue weighted by Crippen LogP contribution is 2.34. The zero-order valence-corrected chi connectivity index (χ0v) is 22.5. The van der Waals surface area contributed by atoms with Crippen LogP contribution < -0.4 is 5.73 Å². The Labute approximate surface area is 238 Å². The van der Waals surface area contributed by atoms with Gasteiger partial charge < -0.3 is 10.6 Å². The number of anilines is 1. The molecule has 8 heteroatoms. The number of likely N-dealkylation sites (tertiary alicyclic amines) is 2. The van der Waals surface area contributed by atoms with Gasteiger partial charge in [0.05, 0.1) is 11.3 Å². The Kier molecular flexibility index (Phi) is 6.22. The van der Waals surface area contributed by atoms with E-state index in [0.29, 0.717) is 23.5 Å². The lowest BCUT2D eigenvalue weighted by Crippen LogP contribution is -2.32. The minimum absolute atomic E-state index is 0.189. The number of carbonyl (C=O) groups excluding carboxylic acids is 1. The number of imidazole rings is 1. The number of nitrogens with zero attached hydrogens (tertiary/aromatic N) is 6. The molecule has 3 aromatic heterocycles. The van der Waals surface area contributed by atoms with Gasteiger partial charge in [-0.25, -0.2) is 15.0 Å². The van der Waals surface area contributed by atoms with Crippen molar-refractivity contribution in [2.75, 3.05) is 31.9 Å². The van der Waals surface area contributed by atoms with Crippen molar-refractivity contribution in [3.8, 4) is 40.7 Å². The molecule has 0 unspecified atom stereocenters. The molecule has 7 rings (SSSR count). The molecule has 1 amide bonds. The van der Waals surface area contributed by atoms with Crippen molar-refractivity contribution in [2.24, 2.45) is 11.8 Å². The topological polar surface area (TPSA) is 93.2 Å². The number of terminal acetylenes is 1. The van der Waals surface area contributed by atoms with Gasteiger partial charge in [-0.15, -0.1) is 6.42 Å². The number of nitrogen functional groups attached to an aromatic ring is 1. The van der Waals surface area contributed by atoms with E-state index in [1.807, 2.05) is 47.4 Å². The zero-order chi connectivity index (χ0) is 27.9. The molecule has 8 nitrogen and oxygen atoms in total. The summed E-state index contributed by atoms with van der Waals surface area (Å²) in [4.78, 5) is 30.5. The number of amides is 1. The first-order chi connectivity index (χ1) is 20.1. The highest BCUT2D eigenvalue weighted by Gasteiger charge is 2.41. The minimum Gasteiger partial charge on any atom is -0.383 e. The van der Waals surface area contributed by atoms with E-state index in [-0.39, 0.29) is 5.91 Å². The highest BCUT2D eigenvalue weighted by molar-refractivity contribution is 5.93. The predicted molar refractivity (Wildman–Crippen MR) is 160 cm³/mol. The van der Waals surface area contributed by atoms with Gasteiger partial charge in [0.1, 0.15) is 11.3 Å². The van der Waals surface area contributed by atoms with Crippen LogP contribution in [0.4, 0.5) is 5.82 Å². The van der Waals surface area contributed by atoms with Crippen molar-refractivity contribution in [3.05, 3.63) is 90.6 Å². The Balaban J connectivity index is 1.20. The number of nitrogens with two attached hydrogens (primary N) is 1. The van der Waals surface area contributed by atoms with Crippen LogP contribution in [-0.4, -0.2) is 61.4 Å². The van der Waals surface area contributed by atoms with Gasteiger partial charge in [0.15, 0.2) is 11.5 Å². The van der Waals surface area contributed by atoms with Crippen LogP contribution in [0.1, 0.15) is 5.56 Å². The Hall–Kier alpha value is -5.00. The van der Waals surface area contributed by atoms with E-state index in [1.165, 1.54) is 5.56 Å². The molecule has 2 N–H and O–H groups in total. The van der Waals surface area contributed by atoms with Crippen molar-refractivity contribution < 1.29 is 4.79 Å². The lowest BCUT2D eigenvalue weighted by atomic mass is 10.0. The summed E-state index contributed by atoms with van der Waals surface area (Å²) in [5.74, 6) is 4.17. The number of hydrogen-bond donors (Lipinski definition) is 1. The Morgan fingerprint density at radius 1 is 0.902 bits per heavy atom. The fourth-order valence-corrected chi connectivity index (χ4v) is 6.24. The van der Waals surface area contributed by atoms with Gasteiger partial charge in [0.25, 0.3) is 5.91 Å². The molecule has 2 atom stereocenters. The molecule has 5 aromatic rings. The number of pyridine rings is 2. The van der Waals surface area contributed by atoms with Crippen molar-refractivity contribution in [2.45, 2.75) is 6.54 Å². The molecule has 2 aliphatic heterocycles. The van der Waals surface area contributed by atoms with Crippen molar-refractivity contribution in [1.82, 2.24) is 29.3 Å². The second kappa shape index (κ2) is 10.2. The van der Waals surface area contributed by atoms with E-state index in [1.54, 1.807) is 6.20 Å². The second-order valence-corrected chi connectivity index (χ2v) is 10.8. The van der Waals surface area contributed by atoms with Crippen molar-refractivity contribution in [3.63, 3.8) is 0 Å². The largest absolute Gasteiger partial charge is 0.383 e. The van der Waals surface area contributed by atoms with Crippen molar-refractivity contribution >= 4 is 22.9 Å². The molecular weight excluding hydrogens is 510 g/mol. The molecule has 0 saturated carbocycles.